The Morgan fingerprint density at radius 3 is 1.76 bits per heavy atom. The van der Waals surface area contributed by atoms with E-state index in [0.717, 1.165) is 0 Å². The fourth-order valence-electron chi connectivity index (χ4n) is 3.41. The highest BCUT2D eigenvalue weighted by atomic mass is 31.2. The van der Waals surface area contributed by atoms with E-state index >= 15 is 0 Å². The predicted molar refractivity (Wildman–Crippen MR) is 116 cm³/mol. The average Bonchev–Trinajstić information content (AvgIpc) is 2.79. The van der Waals surface area contributed by atoms with Gasteiger partial charge in [-0.25, -0.2) is 0 Å². The van der Waals surface area contributed by atoms with Gasteiger partial charge in [0.15, 0.2) is 0 Å². The van der Waals surface area contributed by atoms with Crippen LogP contribution in [0.5, 0.6) is 0 Å². The summed E-state index contributed by atoms with van der Waals surface area (Å²) in [5.41, 5.74) is 0.596. The van der Waals surface area contributed by atoms with Gasteiger partial charge in [-0.15, -0.1) is 0 Å². The van der Waals surface area contributed by atoms with Crippen LogP contribution in [0.4, 0.5) is 0 Å². The number of ether oxygens (including phenoxy) is 1. The van der Waals surface area contributed by atoms with Crippen LogP contribution in [0.3, 0.4) is 0 Å². The normalized spacial score (nSPS) is 13.4. The summed E-state index contributed by atoms with van der Waals surface area (Å²) in [6.45, 7) is 1.91. The number of aliphatic hydroxyl groups excluding tert-OH is 1. The summed E-state index contributed by atoms with van der Waals surface area (Å²) in [7, 11) is -3.19. The second-order valence-electron chi connectivity index (χ2n) is 6.81. The molecule has 3 rings (SSSR count). The van der Waals surface area contributed by atoms with Crippen LogP contribution in [0.25, 0.3) is 0 Å². The molecular formula is C24H25O4P. The molecule has 0 aliphatic heterocycles. The van der Waals surface area contributed by atoms with Gasteiger partial charge in [-0.05, 0) is 12.5 Å². The Labute approximate surface area is 171 Å². The molecule has 1 N–H and O–H groups in total. The summed E-state index contributed by atoms with van der Waals surface area (Å²) in [5.74, 6) is -1.50. The smallest absolute Gasteiger partial charge is 0.312 e. The van der Waals surface area contributed by atoms with Crippen LogP contribution in [-0.4, -0.2) is 23.8 Å². The monoisotopic (exact) mass is 408 g/mol. The van der Waals surface area contributed by atoms with E-state index in [0.29, 0.717) is 16.2 Å². The van der Waals surface area contributed by atoms with Crippen LogP contribution in [0.2, 0.25) is 0 Å². The molecule has 0 saturated carbocycles. The molecule has 0 bridgehead atoms. The second-order valence-corrected chi connectivity index (χ2v) is 9.68. The molecule has 0 aliphatic rings. The lowest BCUT2D eigenvalue weighted by Gasteiger charge is -2.27. The number of carbonyl (C=O) groups excluding carboxylic acids is 1. The zero-order valence-electron chi connectivity index (χ0n) is 16.3. The molecule has 0 aromatic heterocycles. The Morgan fingerprint density at radius 1 is 0.862 bits per heavy atom. The molecule has 0 saturated heterocycles. The molecule has 4 nitrogen and oxygen atoms in total. The van der Waals surface area contributed by atoms with Crippen molar-refractivity contribution in [2.24, 2.45) is 5.92 Å². The number of rotatable bonds is 8. The summed E-state index contributed by atoms with van der Waals surface area (Å²) in [4.78, 5) is 12.8. The van der Waals surface area contributed by atoms with Gasteiger partial charge in [0.05, 0.1) is 18.6 Å². The number of benzene rings is 3. The molecule has 0 amide bonds. The first-order valence-corrected chi connectivity index (χ1v) is 11.6. The Hall–Kier alpha value is -2.68. The molecule has 0 radical (unpaired) electrons. The van der Waals surface area contributed by atoms with Crippen molar-refractivity contribution in [2.45, 2.75) is 13.0 Å². The van der Waals surface area contributed by atoms with E-state index < -0.39 is 25.1 Å². The molecule has 3 aromatic rings. The Balaban J connectivity index is 2.06. The zero-order chi connectivity index (χ0) is 20.7. The van der Waals surface area contributed by atoms with E-state index in [1.54, 1.807) is 31.2 Å². The highest BCUT2D eigenvalue weighted by Crippen LogP contribution is 2.47. The van der Waals surface area contributed by atoms with Crippen LogP contribution < -0.4 is 10.6 Å². The number of carbonyl (C=O) groups is 1. The van der Waals surface area contributed by atoms with E-state index in [4.69, 9.17) is 4.74 Å². The first-order chi connectivity index (χ1) is 14.1. The number of hydrogen-bond donors (Lipinski definition) is 1. The van der Waals surface area contributed by atoms with Gasteiger partial charge in [0.1, 0.15) is 7.14 Å². The minimum absolute atomic E-state index is 0.0179. The maximum absolute atomic E-state index is 14.4. The van der Waals surface area contributed by atoms with Crippen molar-refractivity contribution < 1.29 is 19.2 Å². The molecule has 150 valence electrons. The topological polar surface area (TPSA) is 63.6 Å². The van der Waals surface area contributed by atoms with Gasteiger partial charge in [-0.2, -0.15) is 0 Å². The summed E-state index contributed by atoms with van der Waals surface area (Å²) in [6, 6.07) is 27.2. The van der Waals surface area contributed by atoms with Crippen LogP contribution in [0.1, 0.15) is 18.6 Å². The Kier molecular flexibility index (Phi) is 7.03. The van der Waals surface area contributed by atoms with Gasteiger partial charge in [-0.3, -0.25) is 4.79 Å². The summed E-state index contributed by atoms with van der Waals surface area (Å²) in [6.07, 6.45) is -1.13. The van der Waals surface area contributed by atoms with Crippen LogP contribution in [0, 0.1) is 5.92 Å². The molecule has 0 aliphatic carbocycles. The van der Waals surface area contributed by atoms with Gasteiger partial charge in [0.25, 0.3) is 0 Å². The molecule has 3 aromatic carbocycles. The Bertz CT molecular complexity index is 914. The first-order valence-electron chi connectivity index (χ1n) is 9.66. The molecule has 2 unspecified atom stereocenters. The third-order valence-electron chi connectivity index (χ3n) is 4.91. The highest BCUT2D eigenvalue weighted by Gasteiger charge is 2.38. The summed E-state index contributed by atoms with van der Waals surface area (Å²) < 4.78 is 19.6. The van der Waals surface area contributed by atoms with Gasteiger partial charge < -0.3 is 14.4 Å². The van der Waals surface area contributed by atoms with Crippen molar-refractivity contribution in [2.75, 3.05) is 12.8 Å². The van der Waals surface area contributed by atoms with Crippen molar-refractivity contribution in [1.82, 2.24) is 0 Å². The second kappa shape index (κ2) is 9.69. The average molecular weight is 408 g/mol. The lowest BCUT2D eigenvalue weighted by atomic mass is 9.97. The summed E-state index contributed by atoms with van der Waals surface area (Å²) >= 11 is 0. The lowest BCUT2D eigenvalue weighted by molar-refractivity contribution is -0.151. The van der Waals surface area contributed by atoms with E-state index in [2.05, 4.69) is 0 Å². The van der Waals surface area contributed by atoms with Crippen LogP contribution >= 0.6 is 7.14 Å². The molecule has 5 heteroatoms. The zero-order valence-corrected chi connectivity index (χ0v) is 17.2. The maximum atomic E-state index is 14.4. The van der Waals surface area contributed by atoms with E-state index in [1.807, 2.05) is 66.7 Å². The fourth-order valence-corrected chi connectivity index (χ4v) is 6.34. The quantitative estimate of drug-likeness (QED) is 0.453. The van der Waals surface area contributed by atoms with Crippen molar-refractivity contribution in [3.8, 4) is 0 Å². The lowest BCUT2D eigenvalue weighted by Crippen LogP contribution is -2.32. The largest absolute Gasteiger partial charge is 0.466 e. The van der Waals surface area contributed by atoms with Crippen molar-refractivity contribution in [1.29, 1.82) is 0 Å². The van der Waals surface area contributed by atoms with Gasteiger partial charge in [-0.1, -0.05) is 91.0 Å². The van der Waals surface area contributed by atoms with Crippen molar-refractivity contribution in [3.05, 3.63) is 96.6 Å². The third-order valence-corrected chi connectivity index (χ3v) is 8.08. The highest BCUT2D eigenvalue weighted by molar-refractivity contribution is 7.78. The first kappa shape index (κ1) is 21.0. The van der Waals surface area contributed by atoms with Crippen LogP contribution in [0.15, 0.2) is 91.0 Å². The van der Waals surface area contributed by atoms with Crippen molar-refractivity contribution >= 4 is 23.7 Å². The molecule has 0 fully saturated rings. The van der Waals surface area contributed by atoms with E-state index in [9.17, 15) is 14.5 Å². The van der Waals surface area contributed by atoms with Crippen molar-refractivity contribution in [3.63, 3.8) is 0 Å². The van der Waals surface area contributed by atoms with Gasteiger partial charge in [0.2, 0.25) is 0 Å². The predicted octanol–water partition coefficient (Wildman–Crippen LogP) is 3.91. The fraction of sp³-hybridized carbons (Fsp3) is 0.208. The molecular weight excluding hydrogens is 383 g/mol. The molecule has 2 atom stereocenters. The minimum Gasteiger partial charge on any atom is -0.466 e. The number of esters is 1. The molecule has 0 heterocycles. The molecule has 29 heavy (non-hydrogen) atoms. The minimum atomic E-state index is -3.19. The number of hydrogen-bond acceptors (Lipinski definition) is 4. The van der Waals surface area contributed by atoms with E-state index in [-0.39, 0.29) is 12.8 Å². The SMILES string of the molecule is CCOC(=O)C(CP(=O)(c1ccccc1)c1ccccc1)C(O)c1ccccc1. The number of aliphatic hydroxyl groups is 1. The van der Waals surface area contributed by atoms with Gasteiger partial charge >= 0.3 is 5.97 Å². The van der Waals surface area contributed by atoms with Crippen LogP contribution in [-0.2, 0) is 14.1 Å². The molecule has 0 spiro atoms. The standard InChI is InChI=1S/C24H25O4P/c1-2-28-24(26)22(23(25)19-12-6-3-7-13-19)18-29(27,20-14-8-4-9-15-20)21-16-10-5-11-17-21/h3-17,22-23,25H,2,18H2,1H3. The maximum Gasteiger partial charge on any atom is 0.312 e. The van der Waals surface area contributed by atoms with Gasteiger partial charge in [0, 0.05) is 16.8 Å². The third kappa shape index (κ3) is 4.84. The van der Waals surface area contributed by atoms with E-state index in [1.165, 1.54) is 0 Å². The summed E-state index contributed by atoms with van der Waals surface area (Å²) in [5, 5.41) is 12.3. The Morgan fingerprint density at radius 2 is 1.31 bits per heavy atom.